The zero-order chi connectivity index (χ0) is 14.2. The predicted molar refractivity (Wildman–Crippen MR) is 78.3 cm³/mol. The molecule has 3 rings (SSSR count). The normalized spacial score (nSPS) is 20.3. The lowest BCUT2D eigenvalue weighted by molar-refractivity contribution is 0.272. The molecule has 2 N–H and O–H groups in total. The molecular weight excluding hydrogens is 252 g/mol. The Morgan fingerprint density at radius 3 is 2.90 bits per heavy atom. The average Bonchev–Trinajstić information content (AvgIpc) is 2.81. The minimum atomic E-state index is -0.00678. The number of pyridine rings is 1. The lowest BCUT2D eigenvalue weighted by atomic mass is 9.81. The van der Waals surface area contributed by atoms with Crippen LogP contribution in [-0.4, -0.2) is 11.6 Å². The predicted octanol–water partition coefficient (Wildman–Crippen LogP) is 3.52. The van der Waals surface area contributed by atoms with Crippen molar-refractivity contribution < 1.29 is 9.47 Å². The van der Waals surface area contributed by atoms with Crippen molar-refractivity contribution in [2.45, 2.75) is 25.7 Å². The molecule has 0 radical (unpaired) electrons. The van der Waals surface area contributed by atoms with Gasteiger partial charge in [-0.3, -0.25) is 0 Å². The summed E-state index contributed by atoms with van der Waals surface area (Å²) in [5, 5.41) is 0. The van der Waals surface area contributed by atoms with Crippen LogP contribution in [0.25, 0.3) is 0 Å². The maximum absolute atomic E-state index is 5.98. The lowest BCUT2D eigenvalue weighted by Crippen LogP contribution is -2.22. The fourth-order valence-electron chi connectivity index (χ4n) is 2.48. The Hall–Kier alpha value is -2.23. The molecule has 4 heteroatoms. The topological polar surface area (TPSA) is 57.4 Å². The van der Waals surface area contributed by atoms with Crippen LogP contribution in [0.1, 0.15) is 25.8 Å². The first-order valence-corrected chi connectivity index (χ1v) is 6.78. The van der Waals surface area contributed by atoms with Crippen LogP contribution in [0.2, 0.25) is 0 Å². The Kier molecular flexibility index (Phi) is 3.01. The highest BCUT2D eigenvalue weighted by Gasteiger charge is 2.37. The molecule has 1 aromatic heterocycles. The largest absolute Gasteiger partial charge is 0.492 e. The van der Waals surface area contributed by atoms with Crippen molar-refractivity contribution in [1.82, 2.24) is 4.98 Å². The van der Waals surface area contributed by atoms with E-state index in [1.807, 2.05) is 24.3 Å². The summed E-state index contributed by atoms with van der Waals surface area (Å²) >= 11 is 0. The highest BCUT2D eigenvalue weighted by molar-refractivity contribution is 5.53. The number of nitrogen functional groups attached to an aromatic ring is 1. The Morgan fingerprint density at radius 2 is 2.20 bits per heavy atom. The van der Waals surface area contributed by atoms with Gasteiger partial charge in [0.15, 0.2) is 0 Å². The Balaban J connectivity index is 1.99. The number of nitrogens with two attached hydrogens (primary N) is 1. The molecule has 1 aliphatic heterocycles. The first kappa shape index (κ1) is 12.8. The van der Waals surface area contributed by atoms with Crippen molar-refractivity contribution in [2.24, 2.45) is 0 Å². The molecule has 0 bridgehead atoms. The second-order valence-electron chi connectivity index (χ2n) is 5.35. The van der Waals surface area contributed by atoms with Crippen molar-refractivity contribution in [2.75, 3.05) is 12.3 Å². The van der Waals surface area contributed by atoms with Crippen LogP contribution in [0.3, 0.4) is 0 Å². The van der Waals surface area contributed by atoms with Crippen LogP contribution < -0.4 is 15.2 Å². The van der Waals surface area contributed by atoms with Crippen LogP contribution in [0.5, 0.6) is 17.2 Å². The molecule has 20 heavy (non-hydrogen) atoms. The van der Waals surface area contributed by atoms with Gasteiger partial charge in [0.25, 0.3) is 0 Å². The summed E-state index contributed by atoms with van der Waals surface area (Å²) in [5.74, 6) is 2.90. The number of hydrogen-bond acceptors (Lipinski definition) is 4. The second kappa shape index (κ2) is 4.71. The van der Waals surface area contributed by atoms with Gasteiger partial charge < -0.3 is 15.2 Å². The Labute approximate surface area is 118 Å². The number of aromatic nitrogens is 1. The Bertz CT molecular complexity index is 625. The van der Waals surface area contributed by atoms with Gasteiger partial charge in [-0.25, -0.2) is 4.98 Å². The molecule has 2 aromatic rings. The van der Waals surface area contributed by atoms with Crippen molar-refractivity contribution >= 4 is 5.82 Å². The summed E-state index contributed by atoms with van der Waals surface area (Å²) < 4.78 is 11.8. The summed E-state index contributed by atoms with van der Waals surface area (Å²) in [6.07, 6.45) is 2.63. The number of fused-ring (bicyclic) bond motifs is 1. The van der Waals surface area contributed by atoms with Crippen molar-refractivity contribution in [3.05, 3.63) is 42.1 Å². The van der Waals surface area contributed by atoms with Crippen LogP contribution in [0.15, 0.2) is 36.5 Å². The highest BCUT2D eigenvalue weighted by Crippen LogP contribution is 2.47. The molecule has 1 atom stereocenters. The molecule has 1 aliphatic rings. The van der Waals surface area contributed by atoms with Gasteiger partial charge in [-0.1, -0.05) is 19.9 Å². The first-order valence-electron chi connectivity index (χ1n) is 6.78. The monoisotopic (exact) mass is 270 g/mol. The maximum Gasteiger partial charge on any atom is 0.145 e. The SMILES string of the molecule is CCC1(C)COc2cccc(Oc3ccc(N)nc3)c21. The van der Waals surface area contributed by atoms with Crippen LogP contribution in [0, 0.1) is 0 Å². The third kappa shape index (κ3) is 2.07. The first-order chi connectivity index (χ1) is 9.62. The van der Waals surface area contributed by atoms with E-state index in [4.69, 9.17) is 15.2 Å². The minimum Gasteiger partial charge on any atom is -0.492 e. The smallest absolute Gasteiger partial charge is 0.145 e. The molecule has 0 spiro atoms. The summed E-state index contributed by atoms with van der Waals surface area (Å²) in [4.78, 5) is 4.05. The van der Waals surface area contributed by atoms with Crippen molar-refractivity contribution in [3.63, 3.8) is 0 Å². The van der Waals surface area contributed by atoms with Gasteiger partial charge in [-0.05, 0) is 30.7 Å². The van der Waals surface area contributed by atoms with Crippen molar-refractivity contribution in [1.29, 1.82) is 0 Å². The molecule has 0 aliphatic carbocycles. The van der Waals surface area contributed by atoms with Crippen molar-refractivity contribution in [3.8, 4) is 17.2 Å². The summed E-state index contributed by atoms with van der Waals surface area (Å²) in [5.41, 5.74) is 6.72. The molecule has 0 saturated carbocycles. The standard InChI is InChI=1S/C16H18N2O2/c1-3-16(2)10-19-12-5-4-6-13(15(12)16)20-11-7-8-14(17)18-9-11/h4-9H,3,10H2,1-2H3,(H2,17,18). The number of anilines is 1. The van der Waals surface area contributed by atoms with Gasteiger partial charge in [0.05, 0.1) is 12.8 Å². The van der Waals surface area contributed by atoms with Crippen LogP contribution >= 0.6 is 0 Å². The maximum atomic E-state index is 5.98. The van der Waals surface area contributed by atoms with Gasteiger partial charge in [0.1, 0.15) is 23.1 Å². The number of hydrogen-bond donors (Lipinski definition) is 1. The van der Waals surface area contributed by atoms with Crippen LogP contribution in [-0.2, 0) is 5.41 Å². The van der Waals surface area contributed by atoms with E-state index in [0.29, 0.717) is 18.2 Å². The fraction of sp³-hybridized carbons (Fsp3) is 0.312. The van der Waals surface area contributed by atoms with E-state index in [9.17, 15) is 0 Å². The quantitative estimate of drug-likeness (QED) is 0.927. The third-order valence-electron chi connectivity index (χ3n) is 3.91. The van der Waals surface area contributed by atoms with Gasteiger partial charge >= 0.3 is 0 Å². The molecule has 1 unspecified atom stereocenters. The minimum absolute atomic E-state index is 0.00678. The second-order valence-corrected chi connectivity index (χ2v) is 5.35. The summed E-state index contributed by atoms with van der Waals surface area (Å²) in [6, 6.07) is 9.46. The molecule has 2 heterocycles. The van der Waals surface area contributed by atoms with Gasteiger partial charge in [0.2, 0.25) is 0 Å². The lowest BCUT2D eigenvalue weighted by Gasteiger charge is -2.22. The molecule has 0 amide bonds. The molecular formula is C16H18N2O2. The van der Waals surface area contributed by atoms with Gasteiger partial charge in [0, 0.05) is 11.0 Å². The molecule has 4 nitrogen and oxygen atoms in total. The number of rotatable bonds is 3. The number of nitrogens with zero attached hydrogens (tertiary/aromatic N) is 1. The number of ether oxygens (including phenoxy) is 2. The zero-order valence-electron chi connectivity index (χ0n) is 11.7. The van der Waals surface area contributed by atoms with E-state index in [-0.39, 0.29) is 5.41 Å². The van der Waals surface area contributed by atoms with E-state index in [1.165, 1.54) is 0 Å². The number of benzene rings is 1. The molecule has 0 fully saturated rings. The summed E-state index contributed by atoms with van der Waals surface area (Å²) in [6.45, 7) is 5.06. The van der Waals surface area contributed by atoms with Gasteiger partial charge in [-0.2, -0.15) is 0 Å². The van der Waals surface area contributed by atoms with E-state index in [2.05, 4.69) is 18.8 Å². The molecule has 1 aromatic carbocycles. The van der Waals surface area contributed by atoms with E-state index in [0.717, 1.165) is 23.5 Å². The van der Waals surface area contributed by atoms with Crippen LogP contribution in [0.4, 0.5) is 5.82 Å². The zero-order valence-corrected chi connectivity index (χ0v) is 11.7. The van der Waals surface area contributed by atoms with E-state index < -0.39 is 0 Å². The summed E-state index contributed by atoms with van der Waals surface area (Å²) in [7, 11) is 0. The molecule has 104 valence electrons. The van der Waals surface area contributed by atoms with E-state index >= 15 is 0 Å². The Morgan fingerprint density at radius 1 is 1.35 bits per heavy atom. The van der Waals surface area contributed by atoms with Gasteiger partial charge in [-0.15, -0.1) is 0 Å². The molecule has 0 saturated heterocycles. The third-order valence-corrected chi connectivity index (χ3v) is 3.91. The fourth-order valence-corrected chi connectivity index (χ4v) is 2.48. The highest BCUT2D eigenvalue weighted by atomic mass is 16.5. The average molecular weight is 270 g/mol. The van der Waals surface area contributed by atoms with E-state index in [1.54, 1.807) is 12.3 Å².